The first-order valence-electron chi connectivity index (χ1n) is 16.1. The van der Waals surface area contributed by atoms with Gasteiger partial charge in [-0.2, -0.15) is 5.10 Å². The van der Waals surface area contributed by atoms with Gasteiger partial charge in [0, 0.05) is 36.9 Å². The fourth-order valence-electron chi connectivity index (χ4n) is 6.39. The molecule has 2 aliphatic rings. The first-order valence-corrected chi connectivity index (χ1v) is 16.1. The molecule has 1 aromatic carbocycles. The zero-order valence-electron chi connectivity index (χ0n) is 26.3. The molecule has 5 rings (SSSR count). The minimum absolute atomic E-state index is 0.0539. The van der Waals surface area contributed by atoms with Crippen molar-refractivity contribution < 1.29 is 9.53 Å². The summed E-state index contributed by atoms with van der Waals surface area (Å²) in [6.45, 7) is 14.1. The number of aromatic nitrogens is 3. The van der Waals surface area contributed by atoms with Gasteiger partial charge in [0.1, 0.15) is 11.4 Å². The fourth-order valence-corrected chi connectivity index (χ4v) is 6.39. The van der Waals surface area contributed by atoms with E-state index >= 15 is 0 Å². The maximum atomic E-state index is 13.1. The van der Waals surface area contributed by atoms with Gasteiger partial charge < -0.3 is 15.0 Å². The molecule has 3 aromatic rings. The summed E-state index contributed by atoms with van der Waals surface area (Å²) in [5, 5.41) is 8.33. The number of fused-ring (bicyclic) bond motifs is 1. The molecular formula is C35H49N5O2. The summed E-state index contributed by atoms with van der Waals surface area (Å²) in [5.41, 5.74) is 6.59. The molecule has 1 saturated heterocycles. The highest BCUT2D eigenvalue weighted by atomic mass is 16.6. The van der Waals surface area contributed by atoms with E-state index in [1.165, 1.54) is 35.4 Å². The molecule has 0 saturated carbocycles. The Morgan fingerprint density at radius 2 is 1.98 bits per heavy atom. The highest BCUT2D eigenvalue weighted by molar-refractivity contribution is 5.71. The summed E-state index contributed by atoms with van der Waals surface area (Å²) in [6, 6.07) is 15.3. The van der Waals surface area contributed by atoms with Crippen LogP contribution in [0.4, 0.5) is 5.82 Å². The molecule has 4 heterocycles. The van der Waals surface area contributed by atoms with Gasteiger partial charge in [-0.15, -0.1) is 0 Å². The maximum Gasteiger partial charge on any atom is 0.306 e. The first kappa shape index (κ1) is 30.3. The lowest BCUT2D eigenvalue weighted by atomic mass is 9.94. The second-order valence-electron chi connectivity index (χ2n) is 13.1. The lowest BCUT2D eigenvalue weighted by Gasteiger charge is -2.26. The number of nitrogens with zero attached hydrogens (tertiary/aromatic N) is 4. The summed E-state index contributed by atoms with van der Waals surface area (Å²) in [4.78, 5) is 20.5. The largest absolute Gasteiger partial charge is 0.460 e. The minimum Gasteiger partial charge on any atom is -0.460 e. The van der Waals surface area contributed by atoms with Gasteiger partial charge >= 0.3 is 5.97 Å². The summed E-state index contributed by atoms with van der Waals surface area (Å²) < 4.78 is 7.86. The van der Waals surface area contributed by atoms with Crippen molar-refractivity contribution in [1.29, 1.82) is 0 Å². The summed E-state index contributed by atoms with van der Waals surface area (Å²) in [7, 11) is 0. The van der Waals surface area contributed by atoms with Gasteiger partial charge in [-0.3, -0.25) is 4.79 Å². The summed E-state index contributed by atoms with van der Waals surface area (Å²) in [5.74, 6) is 1.65. The first-order chi connectivity index (χ1) is 20.2. The molecule has 0 aliphatic carbocycles. The van der Waals surface area contributed by atoms with Crippen molar-refractivity contribution in [2.45, 2.75) is 97.5 Å². The SMILES string of the molecule is CCc1cc(CC)n(-c2cccc(C(CC(=O)OC(C)(C)C)CN3CC[C@@H](CCc4ccc5c(n4)NCCC5)C3)c2)n1. The standard InChI is InChI=1S/C35H49N5O2/c1-6-29-22-31(7-2)40(38-29)32-12-8-10-27(20-32)28(21-33(41)42-35(3,4)5)24-39-19-17-25(23-39)13-15-30-16-14-26-11-9-18-36-34(26)37-30/h8,10,12,14,16,20,22,25,28H,6-7,9,11,13,15,17-19,21,23-24H2,1-5H3,(H,36,37)/t25-,28?/m1/s1. The fraction of sp³-hybridized carbons (Fsp3) is 0.571. The average molecular weight is 572 g/mol. The third-order valence-electron chi connectivity index (χ3n) is 8.59. The van der Waals surface area contributed by atoms with Crippen LogP contribution in [0.1, 0.15) is 94.4 Å². The van der Waals surface area contributed by atoms with Crippen LogP contribution in [0.25, 0.3) is 5.69 Å². The number of aryl methyl sites for hydroxylation is 4. The van der Waals surface area contributed by atoms with Crippen LogP contribution >= 0.6 is 0 Å². The van der Waals surface area contributed by atoms with Crippen molar-refractivity contribution in [3.05, 3.63) is 70.7 Å². The monoisotopic (exact) mass is 571 g/mol. The van der Waals surface area contributed by atoms with Crippen LogP contribution in [0.5, 0.6) is 0 Å². The van der Waals surface area contributed by atoms with E-state index in [4.69, 9.17) is 14.8 Å². The smallest absolute Gasteiger partial charge is 0.306 e. The van der Waals surface area contributed by atoms with E-state index in [1.54, 1.807) is 0 Å². The van der Waals surface area contributed by atoms with Gasteiger partial charge in [-0.25, -0.2) is 9.67 Å². The Balaban J connectivity index is 1.27. The lowest BCUT2D eigenvalue weighted by Crippen LogP contribution is -2.30. The van der Waals surface area contributed by atoms with Crippen molar-refractivity contribution in [3.63, 3.8) is 0 Å². The number of hydrogen-bond acceptors (Lipinski definition) is 6. The zero-order chi connectivity index (χ0) is 29.7. The van der Waals surface area contributed by atoms with Crippen LogP contribution in [0.2, 0.25) is 0 Å². The number of esters is 1. The summed E-state index contributed by atoms with van der Waals surface area (Å²) in [6.07, 6.45) is 7.87. The molecule has 1 unspecified atom stereocenters. The normalized spacial score (nSPS) is 18.0. The number of nitrogens with one attached hydrogen (secondary N) is 1. The van der Waals surface area contributed by atoms with Gasteiger partial charge in [-0.05, 0) is 114 Å². The quantitative estimate of drug-likeness (QED) is 0.264. The van der Waals surface area contributed by atoms with Gasteiger partial charge in [0.2, 0.25) is 0 Å². The second-order valence-corrected chi connectivity index (χ2v) is 13.1. The number of rotatable bonds is 11. The van der Waals surface area contributed by atoms with Crippen LogP contribution in [-0.4, -0.2) is 57.4 Å². The highest BCUT2D eigenvalue weighted by Crippen LogP contribution is 2.30. The predicted molar refractivity (Wildman–Crippen MR) is 169 cm³/mol. The van der Waals surface area contributed by atoms with Crippen molar-refractivity contribution in [2.24, 2.45) is 5.92 Å². The van der Waals surface area contributed by atoms with Crippen LogP contribution in [0.3, 0.4) is 0 Å². The molecule has 1 fully saturated rings. The van der Waals surface area contributed by atoms with Crippen LogP contribution in [0, 0.1) is 5.92 Å². The molecule has 2 aromatic heterocycles. The number of likely N-dealkylation sites (tertiary alicyclic amines) is 1. The molecule has 0 radical (unpaired) electrons. The van der Waals surface area contributed by atoms with E-state index < -0.39 is 5.60 Å². The summed E-state index contributed by atoms with van der Waals surface area (Å²) >= 11 is 0. The molecule has 2 aliphatic heterocycles. The number of benzene rings is 1. The number of ether oxygens (including phenoxy) is 1. The van der Waals surface area contributed by atoms with Gasteiger partial charge in [0.05, 0.1) is 17.8 Å². The molecular weight excluding hydrogens is 522 g/mol. The van der Waals surface area contributed by atoms with Crippen molar-refractivity contribution in [3.8, 4) is 5.69 Å². The number of carbonyl (C=O) groups excluding carboxylic acids is 1. The van der Waals surface area contributed by atoms with Gasteiger partial charge in [-0.1, -0.05) is 32.0 Å². The molecule has 7 heteroatoms. The van der Waals surface area contributed by atoms with Crippen molar-refractivity contribution in [1.82, 2.24) is 19.7 Å². The third kappa shape index (κ3) is 7.80. The van der Waals surface area contributed by atoms with E-state index in [-0.39, 0.29) is 11.9 Å². The Bertz CT molecular complexity index is 1360. The van der Waals surface area contributed by atoms with E-state index in [0.29, 0.717) is 12.3 Å². The number of carbonyl (C=O) groups is 1. The Morgan fingerprint density at radius 1 is 1.12 bits per heavy atom. The Kier molecular flexibility index (Phi) is 9.67. The van der Waals surface area contributed by atoms with E-state index in [1.807, 2.05) is 20.8 Å². The number of pyridine rings is 1. The van der Waals surface area contributed by atoms with Crippen molar-refractivity contribution in [2.75, 3.05) is 31.5 Å². The van der Waals surface area contributed by atoms with Crippen molar-refractivity contribution >= 4 is 11.8 Å². The minimum atomic E-state index is -0.496. The van der Waals surface area contributed by atoms with Crippen LogP contribution in [-0.2, 0) is 35.2 Å². The Morgan fingerprint density at radius 3 is 2.76 bits per heavy atom. The lowest BCUT2D eigenvalue weighted by molar-refractivity contribution is -0.155. The maximum absolute atomic E-state index is 13.1. The molecule has 1 N–H and O–H groups in total. The molecule has 0 bridgehead atoms. The van der Waals surface area contributed by atoms with Crippen LogP contribution in [0.15, 0.2) is 42.5 Å². The molecule has 7 nitrogen and oxygen atoms in total. The number of anilines is 1. The Labute approximate surface area is 252 Å². The van der Waals surface area contributed by atoms with E-state index in [2.05, 4.69) is 71.2 Å². The van der Waals surface area contributed by atoms with Gasteiger partial charge in [0.15, 0.2) is 0 Å². The third-order valence-corrected chi connectivity index (χ3v) is 8.59. The number of hydrogen-bond donors (Lipinski definition) is 1. The van der Waals surface area contributed by atoms with Gasteiger partial charge in [0.25, 0.3) is 0 Å². The average Bonchev–Trinajstić information content (AvgIpc) is 3.61. The Hall–Kier alpha value is -3.19. The molecule has 42 heavy (non-hydrogen) atoms. The zero-order valence-corrected chi connectivity index (χ0v) is 26.3. The molecule has 226 valence electrons. The van der Waals surface area contributed by atoms with E-state index in [0.717, 1.165) is 75.5 Å². The highest BCUT2D eigenvalue weighted by Gasteiger charge is 2.28. The second kappa shape index (κ2) is 13.4. The molecule has 0 spiro atoms. The topological polar surface area (TPSA) is 72.3 Å². The predicted octanol–water partition coefficient (Wildman–Crippen LogP) is 6.52. The van der Waals surface area contributed by atoms with E-state index in [9.17, 15) is 4.79 Å². The molecule has 2 atom stereocenters. The van der Waals surface area contributed by atoms with Crippen LogP contribution < -0.4 is 5.32 Å². The molecule has 0 amide bonds.